The van der Waals surface area contributed by atoms with E-state index in [0.717, 1.165) is 38.6 Å². The maximum atomic E-state index is 5.08. The molecule has 40 heavy (non-hydrogen) atoms. The van der Waals surface area contributed by atoms with Gasteiger partial charge in [0.25, 0.3) is 0 Å². The van der Waals surface area contributed by atoms with Gasteiger partial charge in [-0.1, -0.05) is 103 Å². The van der Waals surface area contributed by atoms with E-state index in [0.29, 0.717) is 0 Å². The molecule has 0 unspecified atom stereocenters. The third kappa shape index (κ3) is 3.56. The van der Waals surface area contributed by atoms with E-state index in [1.165, 1.54) is 38.2 Å². The lowest BCUT2D eigenvalue weighted by atomic mass is 9.86. The number of aromatic nitrogens is 3. The lowest BCUT2D eigenvalue weighted by Crippen LogP contribution is -1.93. The minimum absolute atomic E-state index is 0.884. The summed E-state index contributed by atoms with van der Waals surface area (Å²) >= 11 is 0. The van der Waals surface area contributed by atoms with Crippen LogP contribution in [0.4, 0.5) is 0 Å². The first-order chi connectivity index (χ1) is 19.8. The first kappa shape index (κ1) is 22.6. The molecule has 0 atom stereocenters. The van der Waals surface area contributed by atoms with Crippen LogP contribution in [0, 0.1) is 0 Å². The molecular weight excluding hydrogens is 486 g/mol. The van der Waals surface area contributed by atoms with Gasteiger partial charge in [0, 0.05) is 40.5 Å². The van der Waals surface area contributed by atoms with Gasteiger partial charge in [0.05, 0.1) is 16.7 Å². The molecule has 0 aliphatic heterocycles. The lowest BCUT2D eigenvalue weighted by Gasteiger charge is -2.18. The highest BCUT2D eigenvalue weighted by Crippen LogP contribution is 2.43. The maximum absolute atomic E-state index is 5.08. The summed E-state index contributed by atoms with van der Waals surface area (Å²) in [5, 5.41) is 7.04. The van der Waals surface area contributed by atoms with Gasteiger partial charge in [0.2, 0.25) is 0 Å². The van der Waals surface area contributed by atoms with Crippen molar-refractivity contribution in [3.63, 3.8) is 0 Å². The van der Waals surface area contributed by atoms with Crippen LogP contribution in [0.25, 0.3) is 76.9 Å². The summed E-state index contributed by atoms with van der Waals surface area (Å²) < 4.78 is 0. The Balaban J connectivity index is 1.38. The van der Waals surface area contributed by atoms with Gasteiger partial charge in [0.15, 0.2) is 0 Å². The molecule has 0 N–H and O–H groups in total. The summed E-state index contributed by atoms with van der Waals surface area (Å²) in [6.45, 7) is 0. The van der Waals surface area contributed by atoms with Gasteiger partial charge in [-0.3, -0.25) is 9.97 Å². The van der Waals surface area contributed by atoms with Gasteiger partial charge in [-0.15, -0.1) is 0 Å². The molecule has 8 rings (SSSR count). The summed E-state index contributed by atoms with van der Waals surface area (Å²) in [5.41, 5.74) is 8.42. The van der Waals surface area contributed by atoms with E-state index in [-0.39, 0.29) is 0 Å². The molecule has 0 saturated heterocycles. The monoisotopic (exact) mass is 509 g/mol. The Hall–Kier alpha value is -5.41. The summed E-state index contributed by atoms with van der Waals surface area (Å²) in [5.74, 6) is 0. The Kier molecular flexibility index (Phi) is 5.14. The summed E-state index contributed by atoms with van der Waals surface area (Å²) in [7, 11) is 0. The average molecular weight is 510 g/mol. The fourth-order valence-electron chi connectivity index (χ4n) is 5.96. The standard InChI is InChI=1S/C37H23N3/c1-2-9-24(10-3-1)34-29-12-4-6-14-31(29)35(32-15-7-5-13-30(32)34)28-21-27(22-38-23-28)33-19-18-26-17-16-25-11-8-20-39-36(25)37(26)40-33/h1-23H. The van der Waals surface area contributed by atoms with Crippen LogP contribution in [0.5, 0.6) is 0 Å². The van der Waals surface area contributed by atoms with E-state index in [1.54, 1.807) is 0 Å². The second-order valence-corrected chi connectivity index (χ2v) is 10.1. The lowest BCUT2D eigenvalue weighted by molar-refractivity contribution is 1.30. The molecule has 3 heteroatoms. The normalized spacial score (nSPS) is 11.5. The van der Waals surface area contributed by atoms with E-state index < -0.39 is 0 Å². The zero-order chi connectivity index (χ0) is 26.5. The molecule has 3 aromatic heterocycles. The molecule has 0 aliphatic carbocycles. The van der Waals surface area contributed by atoms with Crippen LogP contribution in [0.1, 0.15) is 0 Å². The predicted molar refractivity (Wildman–Crippen MR) is 166 cm³/mol. The molecule has 0 aliphatic rings. The Morgan fingerprint density at radius 3 is 1.70 bits per heavy atom. The molecule has 8 aromatic rings. The number of pyridine rings is 3. The first-order valence-electron chi connectivity index (χ1n) is 13.4. The van der Waals surface area contributed by atoms with Gasteiger partial charge < -0.3 is 0 Å². The molecule has 0 fully saturated rings. The van der Waals surface area contributed by atoms with Crippen molar-refractivity contribution in [2.45, 2.75) is 0 Å². The number of fused-ring (bicyclic) bond motifs is 5. The molecule has 5 aromatic carbocycles. The van der Waals surface area contributed by atoms with Crippen molar-refractivity contribution in [3.8, 4) is 33.5 Å². The largest absolute Gasteiger partial charge is 0.263 e. The van der Waals surface area contributed by atoms with Gasteiger partial charge in [0.1, 0.15) is 0 Å². The maximum Gasteiger partial charge on any atom is 0.0972 e. The van der Waals surface area contributed by atoms with Crippen molar-refractivity contribution < 1.29 is 0 Å². The molecule has 0 bridgehead atoms. The SMILES string of the molecule is c1ccc(-c2c3ccccc3c(-c3cncc(-c4ccc5ccc6cccnc6c5n4)c3)c3ccccc23)cc1. The van der Waals surface area contributed by atoms with Crippen LogP contribution >= 0.6 is 0 Å². The van der Waals surface area contributed by atoms with Crippen LogP contribution < -0.4 is 0 Å². The third-order valence-electron chi connectivity index (χ3n) is 7.75. The van der Waals surface area contributed by atoms with Crippen LogP contribution in [0.2, 0.25) is 0 Å². The Morgan fingerprint density at radius 1 is 0.425 bits per heavy atom. The fourth-order valence-corrected chi connectivity index (χ4v) is 5.96. The van der Waals surface area contributed by atoms with Crippen LogP contribution in [0.3, 0.4) is 0 Å². The molecule has 0 radical (unpaired) electrons. The van der Waals surface area contributed by atoms with Crippen molar-refractivity contribution in [1.29, 1.82) is 0 Å². The van der Waals surface area contributed by atoms with Crippen molar-refractivity contribution in [2.24, 2.45) is 0 Å². The van der Waals surface area contributed by atoms with E-state index in [2.05, 4.69) is 120 Å². The Morgan fingerprint density at radius 2 is 1.00 bits per heavy atom. The second kappa shape index (κ2) is 9.11. The van der Waals surface area contributed by atoms with Crippen molar-refractivity contribution in [3.05, 3.63) is 140 Å². The topological polar surface area (TPSA) is 38.7 Å². The quantitative estimate of drug-likeness (QED) is 0.176. The first-order valence-corrected chi connectivity index (χ1v) is 13.4. The minimum Gasteiger partial charge on any atom is -0.263 e. The number of hydrogen-bond acceptors (Lipinski definition) is 3. The van der Waals surface area contributed by atoms with E-state index in [9.17, 15) is 0 Å². The Labute approximate surface area is 231 Å². The van der Waals surface area contributed by atoms with Gasteiger partial charge in [-0.2, -0.15) is 0 Å². The number of nitrogens with zero attached hydrogens (tertiary/aromatic N) is 3. The second-order valence-electron chi connectivity index (χ2n) is 10.1. The zero-order valence-corrected chi connectivity index (χ0v) is 21.6. The molecule has 3 heterocycles. The molecule has 0 saturated carbocycles. The highest BCUT2D eigenvalue weighted by Gasteiger charge is 2.17. The van der Waals surface area contributed by atoms with E-state index in [1.807, 2.05) is 24.7 Å². The average Bonchev–Trinajstić information content (AvgIpc) is 3.03. The summed E-state index contributed by atoms with van der Waals surface area (Å²) in [6.07, 6.45) is 5.70. The number of benzene rings is 5. The van der Waals surface area contributed by atoms with Gasteiger partial charge in [-0.25, -0.2) is 4.98 Å². The highest BCUT2D eigenvalue weighted by molar-refractivity contribution is 6.21. The molecular formula is C37H23N3. The third-order valence-corrected chi connectivity index (χ3v) is 7.75. The Bertz CT molecular complexity index is 2160. The van der Waals surface area contributed by atoms with E-state index >= 15 is 0 Å². The zero-order valence-electron chi connectivity index (χ0n) is 21.6. The number of hydrogen-bond donors (Lipinski definition) is 0. The van der Waals surface area contributed by atoms with Gasteiger partial charge >= 0.3 is 0 Å². The highest BCUT2D eigenvalue weighted by atomic mass is 14.8. The van der Waals surface area contributed by atoms with Crippen molar-refractivity contribution in [2.75, 3.05) is 0 Å². The van der Waals surface area contributed by atoms with Crippen molar-refractivity contribution >= 4 is 43.4 Å². The van der Waals surface area contributed by atoms with Crippen molar-refractivity contribution in [1.82, 2.24) is 15.0 Å². The van der Waals surface area contributed by atoms with Crippen LogP contribution in [-0.4, -0.2) is 15.0 Å². The summed E-state index contributed by atoms with van der Waals surface area (Å²) in [6, 6.07) is 42.7. The molecule has 0 spiro atoms. The summed E-state index contributed by atoms with van der Waals surface area (Å²) in [4.78, 5) is 14.4. The minimum atomic E-state index is 0.884. The van der Waals surface area contributed by atoms with Crippen LogP contribution in [-0.2, 0) is 0 Å². The molecule has 186 valence electrons. The molecule has 3 nitrogen and oxygen atoms in total. The van der Waals surface area contributed by atoms with Crippen LogP contribution in [0.15, 0.2) is 140 Å². The smallest absolute Gasteiger partial charge is 0.0972 e. The van der Waals surface area contributed by atoms with E-state index in [4.69, 9.17) is 9.97 Å². The fraction of sp³-hybridized carbons (Fsp3) is 0. The predicted octanol–water partition coefficient (Wildman–Crippen LogP) is 9.49. The van der Waals surface area contributed by atoms with Gasteiger partial charge in [-0.05, 0) is 56.4 Å². The molecule has 0 amide bonds. The number of rotatable bonds is 3.